The average molecular weight is 326 g/mol. The van der Waals surface area contributed by atoms with Gasteiger partial charge in [-0.3, -0.25) is 0 Å². The van der Waals surface area contributed by atoms with Crippen LogP contribution >= 0.6 is 34.8 Å². The van der Waals surface area contributed by atoms with E-state index >= 15 is 0 Å². The lowest BCUT2D eigenvalue weighted by Crippen LogP contribution is -2.07. The van der Waals surface area contributed by atoms with Crippen molar-refractivity contribution in [2.24, 2.45) is 0 Å². The Morgan fingerprint density at radius 2 is 1.75 bits per heavy atom. The van der Waals surface area contributed by atoms with Crippen LogP contribution in [0.2, 0.25) is 15.1 Å². The minimum atomic E-state index is -0.0473. The number of hydrogen-bond donors (Lipinski definition) is 1. The molecule has 0 saturated carbocycles. The van der Waals surface area contributed by atoms with E-state index in [0.29, 0.717) is 20.6 Å². The van der Waals surface area contributed by atoms with E-state index in [2.05, 4.69) is 11.4 Å². The van der Waals surface area contributed by atoms with Crippen LogP contribution in [0.25, 0.3) is 0 Å². The number of halogens is 3. The van der Waals surface area contributed by atoms with Gasteiger partial charge in [-0.2, -0.15) is 5.26 Å². The standard InChI is InChI=1S/C15H11Cl3N2/c1-9(13-7-11(16)2-4-15(13)18)20-12-3-5-14(17)10(6-12)8-19/h2-7,9,20H,1H3. The Balaban J connectivity index is 2.26. The molecule has 102 valence electrons. The van der Waals surface area contributed by atoms with Gasteiger partial charge in [-0.15, -0.1) is 0 Å². The Labute approximate surface area is 132 Å². The van der Waals surface area contributed by atoms with Gasteiger partial charge in [0.25, 0.3) is 0 Å². The molecule has 0 aliphatic carbocycles. The van der Waals surface area contributed by atoms with E-state index in [-0.39, 0.29) is 6.04 Å². The van der Waals surface area contributed by atoms with Crippen LogP contribution in [0.1, 0.15) is 24.1 Å². The third-order valence-corrected chi connectivity index (χ3v) is 3.80. The number of nitrogens with one attached hydrogen (secondary N) is 1. The minimum absolute atomic E-state index is 0.0473. The van der Waals surface area contributed by atoms with Crippen LogP contribution in [0.5, 0.6) is 0 Å². The smallest absolute Gasteiger partial charge is 0.101 e. The van der Waals surface area contributed by atoms with Gasteiger partial charge in [0, 0.05) is 15.7 Å². The third kappa shape index (κ3) is 3.37. The average Bonchev–Trinajstić information content (AvgIpc) is 2.43. The van der Waals surface area contributed by atoms with Gasteiger partial charge in [0.05, 0.1) is 16.6 Å². The first kappa shape index (κ1) is 15.0. The van der Waals surface area contributed by atoms with Gasteiger partial charge in [0.15, 0.2) is 0 Å². The van der Waals surface area contributed by atoms with Crippen LogP contribution in [0, 0.1) is 11.3 Å². The minimum Gasteiger partial charge on any atom is -0.378 e. The molecule has 1 unspecified atom stereocenters. The highest BCUT2D eigenvalue weighted by atomic mass is 35.5. The van der Waals surface area contributed by atoms with Crippen LogP contribution in [0.4, 0.5) is 5.69 Å². The lowest BCUT2D eigenvalue weighted by Gasteiger charge is -2.17. The molecule has 0 aliphatic rings. The van der Waals surface area contributed by atoms with Crippen molar-refractivity contribution < 1.29 is 0 Å². The van der Waals surface area contributed by atoms with E-state index in [1.165, 1.54) is 0 Å². The molecule has 0 spiro atoms. The maximum absolute atomic E-state index is 8.97. The number of nitriles is 1. The van der Waals surface area contributed by atoms with Crippen molar-refractivity contribution in [1.82, 2.24) is 0 Å². The lowest BCUT2D eigenvalue weighted by atomic mass is 10.1. The third-order valence-electron chi connectivity index (χ3n) is 2.89. The fraction of sp³-hybridized carbons (Fsp3) is 0.133. The highest BCUT2D eigenvalue weighted by Crippen LogP contribution is 2.29. The molecule has 2 rings (SSSR count). The molecule has 5 heteroatoms. The fourth-order valence-corrected chi connectivity index (χ4v) is 2.50. The summed E-state index contributed by atoms with van der Waals surface area (Å²) in [5, 5.41) is 14.0. The molecule has 20 heavy (non-hydrogen) atoms. The molecule has 2 aromatic rings. The quantitative estimate of drug-likeness (QED) is 0.786. The maximum atomic E-state index is 8.97. The normalized spacial score (nSPS) is 11.8. The number of anilines is 1. The summed E-state index contributed by atoms with van der Waals surface area (Å²) in [6.07, 6.45) is 0. The summed E-state index contributed by atoms with van der Waals surface area (Å²) in [4.78, 5) is 0. The molecule has 0 aromatic heterocycles. The van der Waals surface area contributed by atoms with Gasteiger partial charge in [-0.05, 0) is 48.9 Å². The monoisotopic (exact) mass is 324 g/mol. The van der Waals surface area contributed by atoms with Gasteiger partial charge in [-0.25, -0.2) is 0 Å². The van der Waals surface area contributed by atoms with Gasteiger partial charge >= 0.3 is 0 Å². The summed E-state index contributed by atoms with van der Waals surface area (Å²) in [6.45, 7) is 1.97. The van der Waals surface area contributed by atoms with Crippen LogP contribution in [-0.4, -0.2) is 0 Å². The predicted octanol–water partition coefficient (Wildman–Crippen LogP) is 5.69. The zero-order valence-corrected chi connectivity index (χ0v) is 12.9. The second kappa shape index (κ2) is 6.37. The van der Waals surface area contributed by atoms with Gasteiger partial charge in [0.1, 0.15) is 6.07 Å². The molecule has 0 radical (unpaired) electrons. The van der Waals surface area contributed by atoms with Gasteiger partial charge in [0.2, 0.25) is 0 Å². The molecular weight excluding hydrogens is 315 g/mol. The van der Waals surface area contributed by atoms with E-state index in [9.17, 15) is 0 Å². The summed E-state index contributed by atoms with van der Waals surface area (Å²) < 4.78 is 0. The number of rotatable bonds is 3. The SMILES string of the molecule is CC(Nc1ccc(Cl)c(C#N)c1)c1cc(Cl)ccc1Cl. The molecule has 0 amide bonds. The Morgan fingerprint density at radius 3 is 2.45 bits per heavy atom. The van der Waals surface area contributed by atoms with Crippen molar-refractivity contribution in [3.05, 3.63) is 62.6 Å². The molecule has 0 heterocycles. The van der Waals surface area contributed by atoms with Crippen LogP contribution in [0.3, 0.4) is 0 Å². The van der Waals surface area contributed by atoms with E-state index in [1.54, 1.807) is 24.3 Å². The summed E-state index contributed by atoms with van der Waals surface area (Å²) in [6, 6.07) is 12.5. The Morgan fingerprint density at radius 1 is 1.05 bits per heavy atom. The van der Waals surface area contributed by atoms with Crippen molar-refractivity contribution in [2.45, 2.75) is 13.0 Å². The Bertz CT molecular complexity index is 677. The zero-order valence-electron chi connectivity index (χ0n) is 10.6. The van der Waals surface area contributed by atoms with Gasteiger partial charge < -0.3 is 5.32 Å². The predicted molar refractivity (Wildman–Crippen MR) is 84.7 cm³/mol. The summed E-state index contributed by atoms with van der Waals surface area (Å²) in [5.74, 6) is 0. The summed E-state index contributed by atoms with van der Waals surface area (Å²) >= 11 is 18.1. The summed E-state index contributed by atoms with van der Waals surface area (Å²) in [7, 11) is 0. The van der Waals surface area contributed by atoms with Crippen molar-refractivity contribution in [2.75, 3.05) is 5.32 Å². The van der Waals surface area contributed by atoms with E-state index in [1.807, 2.05) is 19.1 Å². The topological polar surface area (TPSA) is 35.8 Å². The first-order chi connectivity index (χ1) is 9.51. The molecule has 1 atom stereocenters. The molecule has 0 bridgehead atoms. The first-order valence-electron chi connectivity index (χ1n) is 5.92. The number of nitrogens with zero attached hydrogens (tertiary/aromatic N) is 1. The highest BCUT2D eigenvalue weighted by molar-refractivity contribution is 6.33. The van der Waals surface area contributed by atoms with E-state index in [4.69, 9.17) is 40.1 Å². The maximum Gasteiger partial charge on any atom is 0.101 e. The molecular formula is C15H11Cl3N2. The molecule has 0 aliphatic heterocycles. The lowest BCUT2D eigenvalue weighted by molar-refractivity contribution is 0.885. The Hall–Kier alpha value is -1.40. The first-order valence-corrected chi connectivity index (χ1v) is 7.06. The van der Waals surface area contributed by atoms with Crippen molar-refractivity contribution >= 4 is 40.5 Å². The number of hydrogen-bond acceptors (Lipinski definition) is 2. The van der Waals surface area contributed by atoms with E-state index in [0.717, 1.165) is 11.3 Å². The molecule has 0 fully saturated rings. The summed E-state index contributed by atoms with van der Waals surface area (Å²) in [5.41, 5.74) is 2.13. The molecule has 0 saturated heterocycles. The highest BCUT2D eigenvalue weighted by Gasteiger charge is 2.11. The van der Waals surface area contributed by atoms with Crippen LogP contribution in [-0.2, 0) is 0 Å². The van der Waals surface area contributed by atoms with Crippen molar-refractivity contribution in [3.63, 3.8) is 0 Å². The van der Waals surface area contributed by atoms with Crippen molar-refractivity contribution in [1.29, 1.82) is 5.26 Å². The Kier molecular flexibility index (Phi) is 4.77. The molecule has 2 aromatic carbocycles. The second-order valence-electron chi connectivity index (χ2n) is 4.34. The molecule has 1 N–H and O–H groups in total. The molecule has 2 nitrogen and oxygen atoms in total. The van der Waals surface area contributed by atoms with E-state index < -0.39 is 0 Å². The zero-order chi connectivity index (χ0) is 14.7. The largest absolute Gasteiger partial charge is 0.378 e. The number of benzene rings is 2. The van der Waals surface area contributed by atoms with Crippen LogP contribution in [0.15, 0.2) is 36.4 Å². The fourth-order valence-electron chi connectivity index (χ4n) is 1.87. The van der Waals surface area contributed by atoms with Crippen LogP contribution < -0.4 is 5.32 Å². The van der Waals surface area contributed by atoms with Gasteiger partial charge in [-0.1, -0.05) is 34.8 Å². The van der Waals surface area contributed by atoms with Crippen molar-refractivity contribution in [3.8, 4) is 6.07 Å². The second-order valence-corrected chi connectivity index (χ2v) is 5.59.